The second-order valence-electron chi connectivity index (χ2n) is 4.40. The SMILES string of the molecule is CCC1C(c2ccccc2)=NC2=C1CNC2. The van der Waals surface area contributed by atoms with Crippen molar-refractivity contribution < 1.29 is 0 Å². The van der Waals surface area contributed by atoms with Crippen molar-refractivity contribution in [1.29, 1.82) is 0 Å². The van der Waals surface area contributed by atoms with Gasteiger partial charge in [0, 0.05) is 19.0 Å². The van der Waals surface area contributed by atoms with E-state index in [1.807, 2.05) is 0 Å². The largest absolute Gasteiger partial charge is 0.307 e. The molecule has 0 saturated heterocycles. The van der Waals surface area contributed by atoms with Crippen molar-refractivity contribution in [3.8, 4) is 0 Å². The molecule has 82 valence electrons. The first kappa shape index (κ1) is 9.79. The van der Waals surface area contributed by atoms with Gasteiger partial charge in [0.15, 0.2) is 0 Å². The molecule has 2 heteroatoms. The number of nitrogens with one attached hydrogen (secondary N) is 1. The minimum atomic E-state index is 0.535. The molecule has 1 aromatic rings. The van der Waals surface area contributed by atoms with Gasteiger partial charge in [0.25, 0.3) is 0 Å². The molecule has 1 unspecified atom stereocenters. The van der Waals surface area contributed by atoms with E-state index in [4.69, 9.17) is 4.99 Å². The van der Waals surface area contributed by atoms with Gasteiger partial charge in [-0.05, 0) is 17.6 Å². The quantitative estimate of drug-likeness (QED) is 0.799. The summed E-state index contributed by atoms with van der Waals surface area (Å²) in [6.45, 7) is 4.22. The molecule has 16 heavy (non-hydrogen) atoms. The van der Waals surface area contributed by atoms with Gasteiger partial charge in [-0.2, -0.15) is 0 Å². The Balaban J connectivity index is 1.99. The minimum Gasteiger partial charge on any atom is -0.307 e. The molecule has 2 aliphatic heterocycles. The number of rotatable bonds is 2. The highest BCUT2D eigenvalue weighted by Gasteiger charge is 2.31. The Kier molecular flexibility index (Phi) is 2.37. The summed E-state index contributed by atoms with van der Waals surface area (Å²) in [4.78, 5) is 4.81. The number of aliphatic imine (C=N–C) groups is 1. The zero-order valence-electron chi connectivity index (χ0n) is 9.53. The number of hydrogen-bond donors (Lipinski definition) is 1. The average molecular weight is 212 g/mol. The van der Waals surface area contributed by atoms with Crippen LogP contribution in [0, 0.1) is 5.92 Å². The monoisotopic (exact) mass is 212 g/mol. The maximum Gasteiger partial charge on any atom is 0.0557 e. The third-order valence-electron chi connectivity index (χ3n) is 3.46. The highest BCUT2D eigenvalue weighted by atomic mass is 15.0. The summed E-state index contributed by atoms with van der Waals surface area (Å²) in [7, 11) is 0. The summed E-state index contributed by atoms with van der Waals surface area (Å²) in [5.74, 6) is 0.535. The van der Waals surface area contributed by atoms with Crippen molar-refractivity contribution in [3.63, 3.8) is 0 Å². The molecule has 0 aliphatic carbocycles. The van der Waals surface area contributed by atoms with E-state index < -0.39 is 0 Å². The van der Waals surface area contributed by atoms with E-state index in [1.165, 1.54) is 22.5 Å². The Morgan fingerprint density at radius 1 is 1.25 bits per heavy atom. The van der Waals surface area contributed by atoms with E-state index in [9.17, 15) is 0 Å². The van der Waals surface area contributed by atoms with Crippen LogP contribution < -0.4 is 5.32 Å². The van der Waals surface area contributed by atoms with Crippen LogP contribution in [-0.2, 0) is 0 Å². The Labute approximate surface area is 96.1 Å². The van der Waals surface area contributed by atoms with E-state index >= 15 is 0 Å². The van der Waals surface area contributed by atoms with E-state index in [1.54, 1.807) is 0 Å². The molecule has 2 aliphatic rings. The van der Waals surface area contributed by atoms with Crippen molar-refractivity contribution in [2.75, 3.05) is 13.1 Å². The molecular formula is C14H16N2. The minimum absolute atomic E-state index is 0.535. The fourth-order valence-electron chi connectivity index (χ4n) is 2.67. The molecule has 1 atom stereocenters. The molecule has 2 nitrogen and oxygen atoms in total. The van der Waals surface area contributed by atoms with Crippen molar-refractivity contribution >= 4 is 5.71 Å². The van der Waals surface area contributed by atoms with Gasteiger partial charge in [-0.15, -0.1) is 0 Å². The van der Waals surface area contributed by atoms with Crippen LogP contribution in [0.1, 0.15) is 18.9 Å². The number of hydrogen-bond acceptors (Lipinski definition) is 2. The zero-order valence-corrected chi connectivity index (χ0v) is 9.53. The second kappa shape index (κ2) is 3.87. The van der Waals surface area contributed by atoms with Gasteiger partial charge >= 0.3 is 0 Å². The first-order valence-electron chi connectivity index (χ1n) is 5.96. The molecule has 2 heterocycles. The van der Waals surface area contributed by atoms with Gasteiger partial charge < -0.3 is 5.32 Å². The lowest BCUT2D eigenvalue weighted by molar-refractivity contribution is 0.737. The van der Waals surface area contributed by atoms with Crippen LogP contribution in [0.15, 0.2) is 46.6 Å². The fourth-order valence-corrected chi connectivity index (χ4v) is 2.67. The Morgan fingerprint density at radius 3 is 2.81 bits per heavy atom. The highest BCUT2D eigenvalue weighted by molar-refractivity contribution is 6.06. The average Bonchev–Trinajstić information content (AvgIpc) is 2.89. The predicted octanol–water partition coefficient (Wildman–Crippen LogP) is 2.37. The lowest BCUT2D eigenvalue weighted by atomic mass is 9.89. The molecule has 1 N–H and O–H groups in total. The van der Waals surface area contributed by atoms with Crippen LogP contribution in [0.2, 0.25) is 0 Å². The van der Waals surface area contributed by atoms with Gasteiger partial charge in [-0.25, -0.2) is 0 Å². The summed E-state index contributed by atoms with van der Waals surface area (Å²) in [5, 5.41) is 3.38. The van der Waals surface area contributed by atoms with Crippen molar-refractivity contribution in [1.82, 2.24) is 5.32 Å². The van der Waals surface area contributed by atoms with Crippen molar-refractivity contribution in [2.24, 2.45) is 10.9 Å². The van der Waals surface area contributed by atoms with Crippen LogP contribution >= 0.6 is 0 Å². The molecule has 0 bridgehead atoms. The van der Waals surface area contributed by atoms with E-state index in [0.29, 0.717) is 5.92 Å². The van der Waals surface area contributed by atoms with Gasteiger partial charge in [-0.3, -0.25) is 4.99 Å². The maximum absolute atomic E-state index is 4.81. The van der Waals surface area contributed by atoms with Gasteiger partial charge in [-0.1, -0.05) is 37.3 Å². The van der Waals surface area contributed by atoms with Gasteiger partial charge in [0.1, 0.15) is 0 Å². The van der Waals surface area contributed by atoms with Crippen LogP contribution in [0.3, 0.4) is 0 Å². The molecule has 0 amide bonds. The smallest absolute Gasteiger partial charge is 0.0557 e. The molecule has 0 spiro atoms. The normalized spacial score (nSPS) is 23.6. The fraction of sp³-hybridized carbons (Fsp3) is 0.357. The van der Waals surface area contributed by atoms with Crippen molar-refractivity contribution in [3.05, 3.63) is 47.2 Å². The van der Waals surface area contributed by atoms with E-state index in [0.717, 1.165) is 19.5 Å². The Morgan fingerprint density at radius 2 is 2.06 bits per heavy atom. The Bertz CT molecular complexity index is 457. The first-order valence-corrected chi connectivity index (χ1v) is 5.96. The van der Waals surface area contributed by atoms with Crippen LogP contribution in [0.4, 0.5) is 0 Å². The predicted molar refractivity (Wildman–Crippen MR) is 66.7 cm³/mol. The molecule has 1 aromatic carbocycles. The summed E-state index contributed by atoms with van der Waals surface area (Å²) in [6, 6.07) is 10.6. The van der Waals surface area contributed by atoms with Crippen LogP contribution in [0.5, 0.6) is 0 Å². The summed E-state index contributed by atoms with van der Waals surface area (Å²) in [5.41, 5.74) is 5.35. The Hall–Kier alpha value is -1.41. The number of benzene rings is 1. The summed E-state index contributed by atoms with van der Waals surface area (Å²) >= 11 is 0. The summed E-state index contributed by atoms with van der Waals surface area (Å²) < 4.78 is 0. The van der Waals surface area contributed by atoms with Crippen LogP contribution in [-0.4, -0.2) is 18.8 Å². The highest BCUT2D eigenvalue weighted by Crippen LogP contribution is 2.33. The number of nitrogens with zero attached hydrogens (tertiary/aromatic N) is 1. The van der Waals surface area contributed by atoms with Crippen molar-refractivity contribution in [2.45, 2.75) is 13.3 Å². The van der Waals surface area contributed by atoms with Gasteiger partial charge in [0.05, 0.1) is 11.4 Å². The standard InChI is InChI=1S/C14H16N2/c1-2-11-12-8-15-9-13(12)16-14(11)10-6-4-3-5-7-10/h3-7,11,15H,2,8-9H2,1H3. The zero-order chi connectivity index (χ0) is 11.0. The lowest BCUT2D eigenvalue weighted by Crippen LogP contribution is -2.20. The topological polar surface area (TPSA) is 24.4 Å². The van der Waals surface area contributed by atoms with Crippen LogP contribution in [0.25, 0.3) is 0 Å². The second-order valence-corrected chi connectivity index (χ2v) is 4.40. The lowest BCUT2D eigenvalue weighted by Gasteiger charge is -2.14. The molecule has 0 fully saturated rings. The summed E-state index contributed by atoms with van der Waals surface area (Å²) in [6.07, 6.45) is 1.15. The molecule has 0 aromatic heterocycles. The first-order chi connectivity index (χ1) is 7.90. The third kappa shape index (κ3) is 1.41. The molecule has 0 radical (unpaired) electrons. The van der Waals surface area contributed by atoms with E-state index in [2.05, 4.69) is 42.6 Å². The van der Waals surface area contributed by atoms with Gasteiger partial charge in [0.2, 0.25) is 0 Å². The van der Waals surface area contributed by atoms with E-state index in [-0.39, 0.29) is 0 Å². The molecule has 3 rings (SSSR count). The third-order valence-corrected chi connectivity index (χ3v) is 3.46. The molecule has 0 saturated carbocycles. The molecular weight excluding hydrogens is 196 g/mol. The maximum atomic E-state index is 4.81.